The highest BCUT2D eigenvalue weighted by Gasteiger charge is 2.19. The topological polar surface area (TPSA) is 92.7 Å². The third kappa shape index (κ3) is 5.74. The number of carboxylic acid groups (broad SMARTS) is 1. The van der Waals surface area contributed by atoms with Gasteiger partial charge in [0.1, 0.15) is 11.9 Å². The van der Waals surface area contributed by atoms with Gasteiger partial charge < -0.3 is 15.2 Å². The van der Waals surface area contributed by atoms with Gasteiger partial charge in [-0.2, -0.15) is 0 Å². The Morgan fingerprint density at radius 3 is 2.73 bits per heavy atom. The minimum Gasteiger partial charge on any atom is -0.480 e. The number of carbonyl (C=O) groups excluding carboxylic acids is 2. The first-order chi connectivity index (χ1) is 10.4. The molecule has 22 heavy (non-hydrogen) atoms. The predicted octanol–water partition coefficient (Wildman–Crippen LogP) is 1.52. The van der Waals surface area contributed by atoms with Crippen molar-refractivity contribution in [1.29, 1.82) is 0 Å². The first kappa shape index (κ1) is 17.4. The van der Waals surface area contributed by atoms with E-state index in [4.69, 9.17) is 5.11 Å². The number of halogens is 1. The second-order valence-electron chi connectivity index (χ2n) is 4.26. The zero-order chi connectivity index (χ0) is 16.5. The van der Waals surface area contributed by atoms with Crippen LogP contribution < -0.4 is 5.32 Å². The summed E-state index contributed by atoms with van der Waals surface area (Å²) in [5.74, 6) is -3.17. The number of nitrogens with one attached hydrogen (secondary N) is 1. The number of rotatable bonds is 7. The lowest BCUT2D eigenvalue weighted by molar-refractivity contribution is -0.139. The van der Waals surface area contributed by atoms with E-state index in [0.29, 0.717) is 0 Å². The van der Waals surface area contributed by atoms with E-state index in [-0.39, 0.29) is 18.6 Å². The fraction of sp³-hybridized carbons (Fsp3) is 0.267. The summed E-state index contributed by atoms with van der Waals surface area (Å²) >= 11 is 0. The van der Waals surface area contributed by atoms with Crippen molar-refractivity contribution in [3.63, 3.8) is 0 Å². The number of amides is 1. The second-order valence-corrected chi connectivity index (χ2v) is 4.26. The van der Waals surface area contributed by atoms with E-state index in [1.807, 2.05) is 0 Å². The molecule has 0 aliphatic rings. The molecule has 118 valence electrons. The van der Waals surface area contributed by atoms with Gasteiger partial charge in [-0.15, -0.1) is 0 Å². The van der Waals surface area contributed by atoms with Gasteiger partial charge >= 0.3 is 11.9 Å². The number of carbonyl (C=O) groups is 3. The van der Waals surface area contributed by atoms with Crippen LogP contribution in [0.3, 0.4) is 0 Å². The number of aliphatic carboxylic acids is 1. The average Bonchev–Trinajstić information content (AvgIpc) is 2.46. The van der Waals surface area contributed by atoms with Crippen LogP contribution >= 0.6 is 0 Å². The number of carboxylic acids is 1. The SMILES string of the molecule is CCOC(=O)/C=C/C[C@@H](NC(=O)c1cccc(F)c1)C(=O)O. The summed E-state index contributed by atoms with van der Waals surface area (Å²) in [6, 6.07) is 3.66. The highest BCUT2D eigenvalue weighted by atomic mass is 19.1. The summed E-state index contributed by atoms with van der Waals surface area (Å²) in [5, 5.41) is 11.3. The monoisotopic (exact) mass is 309 g/mol. The maximum atomic E-state index is 13.0. The van der Waals surface area contributed by atoms with Gasteiger partial charge in [0.2, 0.25) is 0 Å². The molecule has 1 aromatic rings. The summed E-state index contributed by atoms with van der Waals surface area (Å²) in [6.07, 6.45) is 2.28. The molecule has 2 N–H and O–H groups in total. The standard InChI is InChI=1S/C15H16FNO5/c1-2-22-13(18)8-4-7-12(15(20)21)17-14(19)10-5-3-6-11(16)9-10/h3-6,8-9,12H,2,7H2,1H3,(H,17,19)(H,20,21)/b8-4+/t12-/m1/s1. The largest absolute Gasteiger partial charge is 0.480 e. The van der Waals surface area contributed by atoms with Gasteiger partial charge in [0, 0.05) is 11.6 Å². The van der Waals surface area contributed by atoms with Crippen molar-refractivity contribution in [2.24, 2.45) is 0 Å². The summed E-state index contributed by atoms with van der Waals surface area (Å²) < 4.78 is 17.7. The molecule has 1 amide bonds. The molecule has 0 aliphatic heterocycles. The molecule has 7 heteroatoms. The van der Waals surface area contributed by atoms with Crippen LogP contribution in [-0.2, 0) is 14.3 Å². The third-order valence-electron chi connectivity index (χ3n) is 2.60. The van der Waals surface area contributed by atoms with Crippen LogP contribution in [0.4, 0.5) is 4.39 Å². The molecule has 0 aromatic heterocycles. The average molecular weight is 309 g/mol. The first-order valence-corrected chi connectivity index (χ1v) is 6.56. The van der Waals surface area contributed by atoms with Gasteiger partial charge in [-0.3, -0.25) is 4.79 Å². The smallest absolute Gasteiger partial charge is 0.330 e. The van der Waals surface area contributed by atoms with E-state index in [1.165, 1.54) is 24.3 Å². The quantitative estimate of drug-likeness (QED) is 0.588. The van der Waals surface area contributed by atoms with Crippen LogP contribution in [0.15, 0.2) is 36.4 Å². The molecule has 0 radical (unpaired) electrons. The lowest BCUT2D eigenvalue weighted by Gasteiger charge is -2.12. The van der Waals surface area contributed by atoms with Crippen LogP contribution in [0.1, 0.15) is 23.7 Å². The lowest BCUT2D eigenvalue weighted by Crippen LogP contribution is -2.40. The molecule has 0 bridgehead atoms. The number of benzene rings is 1. The number of hydrogen-bond acceptors (Lipinski definition) is 4. The Balaban J connectivity index is 2.66. The fourth-order valence-corrected chi connectivity index (χ4v) is 1.58. The van der Waals surface area contributed by atoms with Crippen molar-refractivity contribution in [1.82, 2.24) is 5.32 Å². The first-order valence-electron chi connectivity index (χ1n) is 6.56. The lowest BCUT2D eigenvalue weighted by atomic mass is 10.1. The van der Waals surface area contributed by atoms with Gasteiger partial charge in [0.25, 0.3) is 5.91 Å². The van der Waals surface area contributed by atoms with Crippen molar-refractivity contribution in [3.8, 4) is 0 Å². The summed E-state index contributed by atoms with van der Waals surface area (Å²) in [5.41, 5.74) is 0.0145. The van der Waals surface area contributed by atoms with Gasteiger partial charge in [0.15, 0.2) is 0 Å². The third-order valence-corrected chi connectivity index (χ3v) is 2.60. The Morgan fingerprint density at radius 2 is 2.14 bits per heavy atom. The van der Waals surface area contributed by atoms with Gasteiger partial charge in [0.05, 0.1) is 6.61 Å². The Labute approximate surface area is 126 Å². The molecular formula is C15H16FNO5. The molecule has 0 unspecified atom stereocenters. The summed E-state index contributed by atoms with van der Waals surface area (Å²) in [7, 11) is 0. The Hall–Kier alpha value is -2.70. The van der Waals surface area contributed by atoms with Crippen LogP contribution in [0.25, 0.3) is 0 Å². The van der Waals surface area contributed by atoms with Crippen molar-refractivity contribution in [3.05, 3.63) is 47.8 Å². The van der Waals surface area contributed by atoms with E-state index in [1.54, 1.807) is 6.92 Å². The van der Waals surface area contributed by atoms with E-state index < -0.39 is 29.7 Å². The normalized spacial score (nSPS) is 11.9. The zero-order valence-corrected chi connectivity index (χ0v) is 11.9. The van der Waals surface area contributed by atoms with Crippen molar-refractivity contribution in [2.45, 2.75) is 19.4 Å². The van der Waals surface area contributed by atoms with Gasteiger partial charge in [-0.05, 0) is 31.5 Å². The van der Waals surface area contributed by atoms with Crippen LogP contribution in [0.5, 0.6) is 0 Å². The molecule has 1 rings (SSSR count). The predicted molar refractivity (Wildman–Crippen MR) is 75.7 cm³/mol. The molecule has 0 saturated heterocycles. The van der Waals surface area contributed by atoms with Crippen molar-refractivity contribution < 1.29 is 28.6 Å². The molecule has 0 spiro atoms. The van der Waals surface area contributed by atoms with E-state index in [0.717, 1.165) is 12.1 Å². The molecule has 0 fully saturated rings. The molecule has 6 nitrogen and oxygen atoms in total. The second kappa shape index (κ2) is 8.56. The van der Waals surface area contributed by atoms with Crippen molar-refractivity contribution >= 4 is 17.8 Å². The van der Waals surface area contributed by atoms with Gasteiger partial charge in [-0.25, -0.2) is 14.0 Å². The minimum atomic E-state index is -1.27. The Kier molecular flexibility index (Phi) is 6.75. The van der Waals surface area contributed by atoms with E-state index >= 15 is 0 Å². The number of ether oxygens (including phenoxy) is 1. The molecule has 1 aromatic carbocycles. The van der Waals surface area contributed by atoms with Crippen LogP contribution in [-0.4, -0.2) is 35.6 Å². The van der Waals surface area contributed by atoms with E-state index in [9.17, 15) is 18.8 Å². The highest BCUT2D eigenvalue weighted by Crippen LogP contribution is 2.05. The van der Waals surface area contributed by atoms with Crippen LogP contribution in [0, 0.1) is 5.82 Å². The zero-order valence-electron chi connectivity index (χ0n) is 11.9. The molecule has 1 atom stereocenters. The number of hydrogen-bond donors (Lipinski definition) is 2. The summed E-state index contributed by atoms with van der Waals surface area (Å²) in [4.78, 5) is 34.0. The van der Waals surface area contributed by atoms with Crippen LogP contribution in [0.2, 0.25) is 0 Å². The van der Waals surface area contributed by atoms with Crippen molar-refractivity contribution in [2.75, 3.05) is 6.61 Å². The Bertz CT molecular complexity index is 585. The molecule has 0 heterocycles. The molecular weight excluding hydrogens is 293 g/mol. The Morgan fingerprint density at radius 1 is 1.41 bits per heavy atom. The van der Waals surface area contributed by atoms with Gasteiger partial charge in [-0.1, -0.05) is 12.1 Å². The summed E-state index contributed by atoms with van der Waals surface area (Å²) in [6.45, 7) is 1.85. The maximum Gasteiger partial charge on any atom is 0.330 e. The van der Waals surface area contributed by atoms with E-state index in [2.05, 4.69) is 10.1 Å². The fourth-order valence-electron chi connectivity index (χ4n) is 1.58. The maximum absolute atomic E-state index is 13.0. The highest BCUT2D eigenvalue weighted by molar-refractivity contribution is 5.96. The molecule has 0 saturated carbocycles. The molecule has 0 aliphatic carbocycles. The minimum absolute atomic E-state index is 0.0145. The number of esters is 1.